The number of nitrogens with one attached hydrogen (secondary N) is 2. The first-order chi connectivity index (χ1) is 8.97. The topological polar surface area (TPSA) is 87.7 Å². The van der Waals surface area contributed by atoms with Gasteiger partial charge in [0, 0.05) is 12.6 Å². The third-order valence-electron chi connectivity index (χ3n) is 3.50. The van der Waals surface area contributed by atoms with Gasteiger partial charge in [0.15, 0.2) is 0 Å². The van der Waals surface area contributed by atoms with E-state index < -0.39 is 11.9 Å². The number of likely N-dealkylation sites (N-methyl/N-ethyl adjacent to an activating group) is 1. The van der Waals surface area contributed by atoms with Crippen LogP contribution in [0.15, 0.2) is 0 Å². The smallest absolute Gasteiger partial charge is 0.308 e. The summed E-state index contributed by atoms with van der Waals surface area (Å²) in [7, 11) is 0. The summed E-state index contributed by atoms with van der Waals surface area (Å²) in [5.74, 6) is -1.80. The van der Waals surface area contributed by atoms with Crippen LogP contribution >= 0.6 is 0 Å². The highest BCUT2D eigenvalue weighted by atomic mass is 16.5. The molecular formula is C13H24N2O4. The lowest BCUT2D eigenvalue weighted by Gasteiger charge is -2.21. The molecule has 3 atom stereocenters. The van der Waals surface area contributed by atoms with Crippen LogP contribution in [0.25, 0.3) is 0 Å². The molecule has 3 N–H and O–H groups in total. The van der Waals surface area contributed by atoms with Crippen LogP contribution in [0.1, 0.15) is 20.8 Å². The van der Waals surface area contributed by atoms with Crippen molar-refractivity contribution < 1.29 is 19.4 Å². The molecule has 1 rings (SSSR count). The number of ether oxygens (including phenoxy) is 1. The molecule has 0 bridgehead atoms. The highest BCUT2D eigenvalue weighted by molar-refractivity contribution is 5.80. The number of carbonyl (C=O) groups is 2. The molecule has 6 nitrogen and oxygen atoms in total. The number of carboxylic acid groups (broad SMARTS) is 1. The largest absolute Gasteiger partial charge is 0.481 e. The average Bonchev–Trinajstić information content (AvgIpc) is 2.76. The van der Waals surface area contributed by atoms with Crippen LogP contribution in [0.3, 0.4) is 0 Å². The van der Waals surface area contributed by atoms with Crippen LogP contribution in [0.2, 0.25) is 0 Å². The summed E-state index contributed by atoms with van der Waals surface area (Å²) in [5, 5.41) is 15.0. The molecule has 1 fully saturated rings. The normalized spacial score (nSPS) is 24.4. The van der Waals surface area contributed by atoms with E-state index in [1.165, 1.54) is 0 Å². The van der Waals surface area contributed by atoms with Crippen molar-refractivity contribution in [3.63, 3.8) is 0 Å². The van der Waals surface area contributed by atoms with Crippen LogP contribution in [0, 0.1) is 17.8 Å². The Labute approximate surface area is 113 Å². The van der Waals surface area contributed by atoms with Gasteiger partial charge in [0.1, 0.15) is 0 Å². The Morgan fingerprint density at radius 1 is 1.37 bits per heavy atom. The van der Waals surface area contributed by atoms with Crippen molar-refractivity contribution in [2.45, 2.75) is 26.8 Å². The molecule has 0 spiro atoms. The van der Waals surface area contributed by atoms with Crippen molar-refractivity contribution in [2.24, 2.45) is 17.8 Å². The molecule has 0 aliphatic carbocycles. The maximum atomic E-state index is 12.1. The monoisotopic (exact) mass is 272 g/mol. The minimum absolute atomic E-state index is 0.0119. The molecule has 1 saturated heterocycles. The summed E-state index contributed by atoms with van der Waals surface area (Å²) in [6.45, 7) is 7.52. The van der Waals surface area contributed by atoms with Crippen LogP contribution in [0.5, 0.6) is 0 Å². The maximum Gasteiger partial charge on any atom is 0.308 e. The van der Waals surface area contributed by atoms with Gasteiger partial charge in [-0.15, -0.1) is 0 Å². The molecular weight excluding hydrogens is 248 g/mol. The van der Waals surface area contributed by atoms with Crippen molar-refractivity contribution in [3.8, 4) is 0 Å². The van der Waals surface area contributed by atoms with Crippen molar-refractivity contribution in [1.29, 1.82) is 0 Å². The molecule has 1 amide bonds. The van der Waals surface area contributed by atoms with E-state index in [1.807, 2.05) is 20.8 Å². The van der Waals surface area contributed by atoms with E-state index in [9.17, 15) is 9.59 Å². The van der Waals surface area contributed by atoms with Gasteiger partial charge >= 0.3 is 5.97 Å². The highest BCUT2D eigenvalue weighted by Crippen LogP contribution is 2.15. The summed E-state index contributed by atoms with van der Waals surface area (Å²) >= 11 is 0. The zero-order valence-corrected chi connectivity index (χ0v) is 11.8. The molecule has 6 heteroatoms. The molecule has 0 aromatic carbocycles. The van der Waals surface area contributed by atoms with E-state index in [4.69, 9.17) is 9.84 Å². The van der Waals surface area contributed by atoms with E-state index in [1.54, 1.807) is 0 Å². The van der Waals surface area contributed by atoms with Gasteiger partial charge in [0.2, 0.25) is 5.91 Å². The third-order valence-corrected chi connectivity index (χ3v) is 3.50. The fourth-order valence-electron chi connectivity index (χ4n) is 2.23. The molecule has 0 saturated carbocycles. The molecule has 0 radical (unpaired) electrons. The van der Waals surface area contributed by atoms with Crippen LogP contribution in [0.4, 0.5) is 0 Å². The van der Waals surface area contributed by atoms with Gasteiger partial charge < -0.3 is 20.5 Å². The van der Waals surface area contributed by atoms with Gasteiger partial charge in [-0.1, -0.05) is 20.8 Å². The minimum atomic E-state index is -0.874. The standard InChI is InChI=1S/C13H24N2O4/c1-4-14-11-7-19-6-10(11)12(16)15-5-9(8(2)3)13(17)18/h8-11,14H,4-7H2,1-3H3,(H,15,16)(H,17,18). The van der Waals surface area contributed by atoms with E-state index in [0.29, 0.717) is 13.2 Å². The van der Waals surface area contributed by atoms with Gasteiger partial charge in [0.25, 0.3) is 0 Å². The summed E-state index contributed by atoms with van der Waals surface area (Å²) in [5.41, 5.74) is 0. The second-order valence-electron chi connectivity index (χ2n) is 5.24. The summed E-state index contributed by atoms with van der Waals surface area (Å²) in [6.07, 6.45) is 0. The summed E-state index contributed by atoms with van der Waals surface area (Å²) < 4.78 is 5.31. The molecule has 1 aliphatic rings. The number of hydrogen-bond donors (Lipinski definition) is 3. The SMILES string of the molecule is CCNC1COCC1C(=O)NCC(C(=O)O)C(C)C. The van der Waals surface area contributed by atoms with Crippen molar-refractivity contribution in [2.75, 3.05) is 26.3 Å². The predicted octanol–water partition coefficient (Wildman–Crippen LogP) is 0.0839. The van der Waals surface area contributed by atoms with E-state index in [2.05, 4.69) is 10.6 Å². The van der Waals surface area contributed by atoms with Crippen molar-refractivity contribution >= 4 is 11.9 Å². The molecule has 3 unspecified atom stereocenters. The van der Waals surface area contributed by atoms with Gasteiger partial charge in [-0.25, -0.2) is 0 Å². The number of hydrogen-bond acceptors (Lipinski definition) is 4. The van der Waals surface area contributed by atoms with E-state index >= 15 is 0 Å². The molecule has 19 heavy (non-hydrogen) atoms. The Kier molecular flexibility index (Phi) is 6.24. The summed E-state index contributed by atoms with van der Waals surface area (Å²) in [4.78, 5) is 23.1. The van der Waals surface area contributed by atoms with Gasteiger partial charge in [-0.3, -0.25) is 9.59 Å². The lowest BCUT2D eigenvalue weighted by Crippen LogP contribution is -2.46. The quantitative estimate of drug-likeness (QED) is 0.611. The first-order valence-electron chi connectivity index (χ1n) is 6.79. The lowest BCUT2D eigenvalue weighted by atomic mass is 9.95. The molecule has 1 aliphatic heterocycles. The Balaban J connectivity index is 2.48. The van der Waals surface area contributed by atoms with Crippen LogP contribution < -0.4 is 10.6 Å². The predicted molar refractivity (Wildman–Crippen MR) is 70.7 cm³/mol. The second kappa shape index (κ2) is 7.45. The number of rotatable bonds is 7. The number of aliphatic carboxylic acids is 1. The number of carbonyl (C=O) groups excluding carboxylic acids is 1. The maximum absolute atomic E-state index is 12.1. The zero-order valence-electron chi connectivity index (χ0n) is 11.8. The van der Waals surface area contributed by atoms with Gasteiger partial charge in [-0.2, -0.15) is 0 Å². The molecule has 0 aromatic heterocycles. The van der Waals surface area contributed by atoms with Crippen molar-refractivity contribution in [1.82, 2.24) is 10.6 Å². The van der Waals surface area contributed by atoms with E-state index in [0.717, 1.165) is 6.54 Å². The zero-order chi connectivity index (χ0) is 14.4. The average molecular weight is 272 g/mol. The van der Waals surface area contributed by atoms with Gasteiger partial charge in [0.05, 0.1) is 25.0 Å². The first-order valence-corrected chi connectivity index (χ1v) is 6.79. The first kappa shape index (κ1) is 15.9. The lowest BCUT2D eigenvalue weighted by molar-refractivity contribution is -0.143. The van der Waals surface area contributed by atoms with Crippen LogP contribution in [-0.4, -0.2) is 49.3 Å². The van der Waals surface area contributed by atoms with Crippen LogP contribution in [-0.2, 0) is 14.3 Å². The Bertz CT molecular complexity index is 320. The number of amides is 1. The van der Waals surface area contributed by atoms with E-state index in [-0.39, 0.29) is 30.3 Å². The Morgan fingerprint density at radius 2 is 2.05 bits per heavy atom. The Hall–Kier alpha value is -1.14. The number of carboxylic acids is 1. The molecule has 1 heterocycles. The third kappa shape index (κ3) is 4.47. The summed E-state index contributed by atoms with van der Waals surface area (Å²) in [6, 6.07) is 0.0207. The van der Waals surface area contributed by atoms with Crippen molar-refractivity contribution in [3.05, 3.63) is 0 Å². The fourth-order valence-corrected chi connectivity index (χ4v) is 2.23. The molecule has 110 valence electrons. The fraction of sp³-hybridized carbons (Fsp3) is 0.846. The molecule has 0 aromatic rings. The highest BCUT2D eigenvalue weighted by Gasteiger charge is 2.34. The second-order valence-corrected chi connectivity index (χ2v) is 5.24. The van der Waals surface area contributed by atoms with Gasteiger partial charge in [-0.05, 0) is 12.5 Å². The Morgan fingerprint density at radius 3 is 2.58 bits per heavy atom. The minimum Gasteiger partial charge on any atom is -0.481 e.